The second kappa shape index (κ2) is 9.77. The molecule has 0 saturated carbocycles. The zero-order valence-electron chi connectivity index (χ0n) is 19.9. The highest BCUT2D eigenvalue weighted by Gasteiger charge is 2.42. The second-order valence-electron chi connectivity index (χ2n) is 8.93. The molecule has 192 valence electrons. The Morgan fingerprint density at radius 2 is 1.21 bits per heavy atom. The standard InChI is InChI=1S/C29H23NO6S2/c31-37(32,33)27-13-10-23(11-14-27)22-6-8-25(9-7-22)28-15-12-26(20-30-28)29(38(34,35)36)18-16-24(17-19-29)21-4-2-1-3-5-21/h1-20,24H,(H,31,32,33)(H,34,35,36). The Bertz CT molecular complexity index is 1710. The predicted octanol–water partition coefficient (Wildman–Crippen LogP) is 5.66. The maximum absolute atomic E-state index is 12.5. The van der Waals surface area contributed by atoms with Crippen LogP contribution in [0.4, 0.5) is 0 Å². The van der Waals surface area contributed by atoms with E-state index in [-0.39, 0.29) is 10.8 Å². The highest BCUT2D eigenvalue weighted by molar-refractivity contribution is 7.87. The molecule has 0 aliphatic heterocycles. The molecule has 3 aromatic carbocycles. The molecule has 0 amide bonds. The van der Waals surface area contributed by atoms with Gasteiger partial charge in [-0.15, -0.1) is 0 Å². The molecule has 2 N–H and O–H groups in total. The summed E-state index contributed by atoms with van der Waals surface area (Å²) >= 11 is 0. The Labute approximate surface area is 221 Å². The van der Waals surface area contributed by atoms with E-state index in [0.717, 1.165) is 22.3 Å². The highest BCUT2D eigenvalue weighted by atomic mass is 32.2. The first kappa shape index (κ1) is 25.7. The van der Waals surface area contributed by atoms with E-state index in [0.29, 0.717) is 11.3 Å². The van der Waals surface area contributed by atoms with Crippen LogP contribution in [-0.4, -0.2) is 30.9 Å². The normalized spacial score (nSPS) is 19.4. The van der Waals surface area contributed by atoms with E-state index in [4.69, 9.17) is 4.55 Å². The van der Waals surface area contributed by atoms with Crippen molar-refractivity contribution >= 4 is 20.2 Å². The molecule has 0 unspecified atom stereocenters. The van der Waals surface area contributed by atoms with E-state index in [1.807, 2.05) is 54.6 Å². The quantitative estimate of drug-likeness (QED) is 0.237. The second-order valence-corrected chi connectivity index (χ2v) is 12.0. The van der Waals surface area contributed by atoms with Crippen molar-refractivity contribution in [2.75, 3.05) is 0 Å². The summed E-state index contributed by atoms with van der Waals surface area (Å²) in [6.07, 6.45) is 7.97. The van der Waals surface area contributed by atoms with Crippen LogP contribution in [0.15, 0.2) is 126 Å². The fraction of sp³-hybridized carbons (Fsp3) is 0.0690. The number of aromatic nitrogens is 1. The Kier molecular flexibility index (Phi) is 6.62. The molecule has 0 bridgehead atoms. The van der Waals surface area contributed by atoms with E-state index in [1.165, 1.54) is 30.5 Å². The monoisotopic (exact) mass is 545 g/mol. The summed E-state index contributed by atoms with van der Waals surface area (Å²) in [6, 6.07) is 26.2. The molecule has 38 heavy (non-hydrogen) atoms. The van der Waals surface area contributed by atoms with Gasteiger partial charge in [0.05, 0.1) is 10.6 Å². The third kappa shape index (κ3) is 4.97. The van der Waals surface area contributed by atoms with Gasteiger partial charge in [-0.2, -0.15) is 16.8 Å². The van der Waals surface area contributed by atoms with Gasteiger partial charge in [-0.1, -0.05) is 97.1 Å². The Hall–Kier alpha value is -3.89. The van der Waals surface area contributed by atoms with E-state index in [2.05, 4.69) is 4.98 Å². The number of pyridine rings is 1. The molecule has 1 aliphatic rings. The van der Waals surface area contributed by atoms with Crippen molar-refractivity contribution in [3.63, 3.8) is 0 Å². The molecule has 0 saturated heterocycles. The van der Waals surface area contributed by atoms with E-state index in [1.54, 1.807) is 36.4 Å². The van der Waals surface area contributed by atoms with Crippen LogP contribution in [0.5, 0.6) is 0 Å². The van der Waals surface area contributed by atoms with Gasteiger partial charge in [-0.3, -0.25) is 14.1 Å². The smallest absolute Gasteiger partial charge is 0.284 e. The minimum Gasteiger partial charge on any atom is -0.284 e. The summed E-state index contributed by atoms with van der Waals surface area (Å²) in [5.41, 5.74) is 4.33. The van der Waals surface area contributed by atoms with Crippen LogP contribution in [0.25, 0.3) is 22.4 Å². The summed E-state index contributed by atoms with van der Waals surface area (Å²) < 4.78 is 65.2. The van der Waals surface area contributed by atoms with Crippen molar-refractivity contribution < 1.29 is 25.9 Å². The van der Waals surface area contributed by atoms with Gasteiger partial charge in [0.2, 0.25) is 0 Å². The molecule has 4 aromatic rings. The van der Waals surface area contributed by atoms with E-state index in [9.17, 15) is 21.4 Å². The van der Waals surface area contributed by atoms with Crippen molar-refractivity contribution in [1.29, 1.82) is 0 Å². The van der Waals surface area contributed by atoms with Gasteiger partial charge in [0, 0.05) is 23.2 Å². The number of allylic oxidation sites excluding steroid dienone is 2. The largest absolute Gasteiger partial charge is 0.294 e. The fourth-order valence-electron chi connectivity index (χ4n) is 4.47. The molecule has 5 rings (SSSR count). The molecule has 1 heterocycles. The van der Waals surface area contributed by atoms with Crippen molar-refractivity contribution in [1.82, 2.24) is 4.98 Å². The number of nitrogens with zero attached hydrogens (tertiary/aromatic N) is 1. The summed E-state index contributed by atoms with van der Waals surface area (Å²) in [5, 5.41) is 0. The fourth-order valence-corrected chi connectivity index (χ4v) is 5.87. The molecule has 9 heteroatoms. The van der Waals surface area contributed by atoms with Gasteiger partial charge in [0.25, 0.3) is 20.2 Å². The van der Waals surface area contributed by atoms with Gasteiger partial charge in [0.15, 0.2) is 4.75 Å². The first-order valence-corrected chi connectivity index (χ1v) is 14.5. The molecule has 0 spiro atoms. The summed E-state index contributed by atoms with van der Waals surface area (Å²) in [5.74, 6) is -0.110. The predicted molar refractivity (Wildman–Crippen MR) is 146 cm³/mol. The van der Waals surface area contributed by atoms with Crippen LogP contribution in [0.2, 0.25) is 0 Å². The number of benzene rings is 3. The number of rotatable bonds is 6. The average molecular weight is 546 g/mol. The van der Waals surface area contributed by atoms with Crippen LogP contribution in [-0.2, 0) is 25.0 Å². The number of hydrogen-bond acceptors (Lipinski definition) is 5. The van der Waals surface area contributed by atoms with E-state index >= 15 is 0 Å². The topological polar surface area (TPSA) is 122 Å². The van der Waals surface area contributed by atoms with Gasteiger partial charge in [0.1, 0.15) is 0 Å². The van der Waals surface area contributed by atoms with Crippen molar-refractivity contribution in [2.45, 2.75) is 15.6 Å². The summed E-state index contributed by atoms with van der Waals surface area (Å²) in [7, 11) is -8.79. The van der Waals surface area contributed by atoms with Crippen molar-refractivity contribution in [3.05, 3.63) is 133 Å². The summed E-state index contributed by atoms with van der Waals surface area (Å²) in [6.45, 7) is 0. The van der Waals surface area contributed by atoms with E-state index < -0.39 is 25.0 Å². The zero-order chi connectivity index (χ0) is 27.0. The SMILES string of the molecule is O=S(=O)(O)c1ccc(-c2ccc(-c3ccc(C4(S(=O)(=O)O)C=CC(c5ccccc5)C=C4)cn3)cc2)cc1. The first-order valence-electron chi connectivity index (χ1n) is 11.6. The van der Waals surface area contributed by atoms with Gasteiger partial charge in [-0.25, -0.2) is 0 Å². The van der Waals surface area contributed by atoms with Crippen LogP contribution in [0.3, 0.4) is 0 Å². The lowest BCUT2D eigenvalue weighted by Crippen LogP contribution is -2.33. The van der Waals surface area contributed by atoms with Crippen LogP contribution in [0, 0.1) is 0 Å². The Morgan fingerprint density at radius 1 is 0.658 bits per heavy atom. The average Bonchev–Trinajstić information content (AvgIpc) is 2.93. The van der Waals surface area contributed by atoms with Crippen LogP contribution >= 0.6 is 0 Å². The van der Waals surface area contributed by atoms with Crippen LogP contribution in [0.1, 0.15) is 17.0 Å². The minimum atomic E-state index is -4.54. The maximum Gasteiger partial charge on any atom is 0.294 e. The summed E-state index contributed by atoms with van der Waals surface area (Å²) in [4.78, 5) is 4.29. The molecular weight excluding hydrogens is 522 g/mol. The molecule has 1 aliphatic carbocycles. The molecule has 1 aromatic heterocycles. The molecule has 0 radical (unpaired) electrons. The van der Waals surface area contributed by atoms with Gasteiger partial charge in [-0.05, 0) is 34.9 Å². The lowest BCUT2D eigenvalue weighted by Gasteiger charge is -2.28. The molecule has 0 atom stereocenters. The lowest BCUT2D eigenvalue weighted by molar-refractivity contribution is 0.462. The third-order valence-corrected chi connectivity index (χ3v) is 8.82. The Morgan fingerprint density at radius 3 is 1.71 bits per heavy atom. The Balaban J connectivity index is 1.40. The van der Waals surface area contributed by atoms with Crippen LogP contribution < -0.4 is 0 Å². The number of hydrogen-bond donors (Lipinski definition) is 2. The maximum atomic E-state index is 12.5. The third-order valence-electron chi connectivity index (χ3n) is 6.59. The lowest BCUT2D eigenvalue weighted by atomic mass is 9.87. The molecule has 7 nitrogen and oxygen atoms in total. The highest BCUT2D eigenvalue weighted by Crippen LogP contribution is 2.39. The van der Waals surface area contributed by atoms with Gasteiger partial charge < -0.3 is 0 Å². The van der Waals surface area contributed by atoms with Crippen molar-refractivity contribution in [3.8, 4) is 22.4 Å². The minimum absolute atomic E-state index is 0.110. The molecular formula is C29H23NO6S2. The first-order chi connectivity index (χ1) is 18.1. The van der Waals surface area contributed by atoms with Crippen molar-refractivity contribution in [2.24, 2.45) is 0 Å². The zero-order valence-corrected chi connectivity index (χ0v) is 21.5. The van der Waals surface area contributed by atoms with Gasteiger partial charge >= 0.3 is 0 Å². The molecule has 0 fully saturated rings.